The van der Waals surface area contributed by atoms with Gasteiger partial charge in [-0.3, -0.25) is 13.9 Å². The first-order valence-electron chi connectivity index (χ1n) is 12.9. The van der Waals surface area contributed by atoms with Crippen LogP contribution >= 0.6 is 0 Å². The third kappa shape index (κ3) is 8.13. The first-order valence-corrected chi connectivity index (χ1v) is 14.8. The Kier molecular flexibility index (Phi) is 10.2. The largest absolute Gasteiger partial charge is 0.352 e. The van der Waals surface area contributed by atoms with Crippen molar-refractivity contribution in [1.29, 1.82) is 0 Å². The number of sulfonamides is 1. The van der Waals surface area contributed by atoms with E-state index >= 15 is 0 Å². The molecule has 3 aromatic rings. The molecule has 3 rings (SSSR count). The first-order chi connectivity index (χ1) is 18.5. The van der Waals surface area contributed by atoms with Crippen molar-refractivity contribution in [3.63, 3.8) is 0 Å². The molecule has 0 spiro atoms. The molecule has 0 aliphatic carbocycles. The van der Waals surface area contributed by atoms with E-state index in [0.29, 0.717) is 17.7 Å². The topological polar surface area (TPSA) is 86.8 Å². The monoisotopic (exact) mass is 553 g/mol. The van der Waals surface area contributed by atoms with Crippen molar-refractivity contribution in [1.82, 2.24) is 10.2 Å². The molecular formula is C30H36FN3O4S. The number of anilines is 1. The lowest BCUT2D eigenvalue weighted by molar-refractivity contribution is -0.140. The van der Waals surface area contributed by atoms with Crippen LogP contribution in [0.25, 0.3) is 0 Å². The maximum absolute atomic E-state index is 14.8. The van der Waals surface area contributed by atoms with Crippen LogP contribution in [-0.2, 0) is 32.6 Å². The smallest absolute Gasteiger partial charge is 0.244 e. The Bertz CT molecular complexity index is 1380. The molecule has 2 atom stereocenters. The molecule has 1 N–H and O–H groups in total. The van der Waals surface area contributed by atoms with Crippen molar-refractivity contribution >= 4 is 27.5 Å². The summed E-state index contributed by atoms with van der Waals surface area (Å²) in [4.78, 5) is 28.9. The highest BCUT2D eigenvalue weighted by Gasteiger charge is 2.34. The van der Waals surface area contributed by atoms with E-state index in [-0.39, 0.29) is 30.5 Å². The lowest BCUT2D eigenvalue weighted by Gasteiger charge is -2.34. The number of nitrogens with one attached hydrogen (secondary N) is 1. The molecule has 7 nitrogen and oxygen atoms in total. The van der Waals surface area contributed by atoms with Gasteiger partial charge in [0.2, 0.25) is 21.8 Å². The second-order valence-corrected chi connectivity index (χ2v) is 11.6. The Balaban J connectivity index is 2.08. The number of hydrogen-bond donors (Lipinski definition) is 1. The SMILES string of the molecule is CC[C@@H](C)NC(=O)[C@H](Cc1ccccc1)N(Cc1ccccc1F)C(=O)CN(c1ccccc1C)S(C)(=O)=O. The molecule has 0 saturated carbocycles. The van der Waals surface area contributed by atoms with Crippen molar-refractivity contribution in [2.45, 2.75) is 52.2 Å². The van der Waals surface area contributed by atoms with E-state index in [2.05, 4.69) is 5.32 Å². The fraction of sp³-hybridized carbons (Fsp3) is 0.333. The van der Waals surface area contributed by atoms with Crippen LogP contribution in [0.3, 0.4) is 0 Å². The van der Waals surface area contributed by atoms with Gasteiger partial charge in [-0.1, -0.05) is 73.7 Å². The summed E-state index contributed by atoms with van der Waals surface area (Å²) >= 11 is 0. The van der Waals surface area contributed by atoms with Crippen LogP contribution in [-0.4, -0.2) is 50.0 Å². The summed E-state index contributed by atoms with van der Waals surface area (Å²) < 4.78 is 41.5. The minimum atomic E-state index is -3.87. The van der Waals surface area contributed by atoms with Gasteiger partial charge in [0, 0.05) is 24.6 Å². The quantitative estimate of drug-likeness (QED) is 0.359. The standard InChI is InChI=1S/C30H36FN3O4S/c1-5-23(3)32-30(36)28(19-24-14-7-6-8-15-24)33(20-25-16-10-11-17-26(25)31)29(35)21-34(39(4,37)38)27-18-12-9-13-22(27)2/h6-18,23,28H,5,19-21H2,1-4H3,(H,32,36)/t23-,28+/m1/s1. The van der Waals surface area contributed by atoms with Gasteiger partial charge in [-0.2, -0.15) is 0 Å². The minimum absolute atomic E-state index is 0.152. The summed E-state index contributed by atoms with van der Waals surface area (Å²) in [5, 5.41) is 2.95. The maximum atomic E-state index is 14.8. The number of hydrogen-bond acceptors (Lipinski definition) is 4. The molecular weight excluding hydrogens is 517 g/mol. The van der Waals surface area contributed by atoms with Crippen LogP contribution in [0.4, 0.5) is 10.1 Å². The summed E-state index contributed by atoms with van der Waals surface area (Å²) in [6, 6.07) is 21.0. The van der Waals surface area contributed by atoms with Crippen molar-refractivity contribution in [3.05, 3.63) is 101 Å². The average molecular weight is 554 g/mol. The Morgan fingerprint density at radius 2 is 1.56 bits per heavy atom. The highest BCUT2D eigenvalue weighted by atomic mass is 32.2. The Morgan fingerprint density at radius 3 is 2.18 bits per heavy atom. The number of carbonyl (C=O) groups excluding carboxylic acids is 2. The number of nitrogens with zero attached hydrogens (tertiary/aromatic N) is 2. The molecule has 0 aliphatic heterocycles. The average Bonchev–Trinajstić information content (AvgIpc) is 2.90. The van der Waals surface area contributed by atoms with Gasteiger partial charge >= 0.3 is 0 Å². The highest BCUT2D eigenvalue weighted by molar-refractivity contribution is 7.92. The van der Waals surface area contributed by atoms with Gasteiger partial charge in [-0.25, -0.2) is 12.8 Å². The van der Waals surface area contributed by atoms with E-state index in [4.69, 9.17) is 0 Å². The molecule has 0 saturated heterocycles. The zero-order valence-electron chi connectivity index (χ0n) is 22.8. The summed E-state index contributed by atoms with van der Waals surface area (Å²) in [6.45, 7) is 4.81. The van der Waals surface area contributed by atoms with E-state index in [1.54, 1.807) is 49.4 Å². The Hall–Kier alpha value is -3.72. The predicted molar refractivity (Wildman–Crippen MR) is 152 cm³/mol. The van der Waals surface area contributed by atoms with Crippen LogP contribution in [0.2, 0.25) is 0 Å². The fourth-order valence-corrected chi connectivity index (χ4v) is 5.15. The third-order valence-electron chi connectivity index (χ3n) is 6.63. The van der Waals surface area contributed by atoms with Gasteiger partial charge < -0.3 is 10.2 Å². The van der Waals surface area contributed by atoms with E-state index in [9.17, 15) is 22.4 Å². The van der Waals surface area contributed by atoms with E-state index in [0.717, 1.165) is 16.1 Å². The van der Waals surface area contributed by atoms with Gasteiger partial charge in [0.15, 0.2) is 0 Å². The molecule has 208 valence electrons. The Labute approximate surface area is 230 Å². The molecule has 3 aromatic carbocycles. The summed E-state index contributed by atoms with van der Waals surface area (Å²) in [6.07, 6.45) is 1.89. The molecule has 9 heteroatoms. The number of rotatable bonds is 12. The molecule has 0 heterocycles. The van der Waals surface area contributed by atoms with Gasteiger partial charge in [0.25, 0.3) is 0 Å². The summed E-state index contributed by atoms with van der Waals surface area (Å²) in [7, 11) is -3.87. The second-order valence-electron chi connectivity index (χ2n) is 9.69. The van der Waals surface area contributed by atoms with Crippen LogP contribution in [0.1, 0.15) is 37.0 Å². The summed E-state index contributed by atoms with van der Waals surface area (Å²) in [5.74, 6) is -1.53. The van der Waals surface area contributed by atoms with Crippen LogP contribution < -0.4 is 9.62 Å². The van der Waals surface area contributed by atoms with Gasteiger partial charge in [0.05, 0.1) is 11.9 Å². The fourth-order valence-electron chi connectivity index (χ4n) is 4.24. The van der Waals surface area contributed by atoms with Gasteiger partial charge in [-0.05, 0) is 43.5 Å². The van der Waals surface area contributed by atoms with Gasteiger partial charge in [0.1, 0.15) is 18.4 Å². The number of para-hydroxylation sites is 1. The number of aryl methyl sites for hydroxylation is 1. The lowest BCUT2D eigenvalue weighted by atomic mass is 10.0. The zero-order chi connectivity index (χ0) is 28.6. The van der Waals surface area contributed by atoms with Crippen molar-refractivity contribution < 1.29 is 22.4 Å². The molecule has 0 unspecified atom stereocenters. The Morgan fingerprint density at radius 1 is 0.949 bits per heavy atom. The van der Waals surface area contributed by atoms with E-state index < -0.39 is 34.3 Å². The van der Waals surface area contributed by atoms with E-state index in [1.807, 2.05) is 44.2 Å². The van der Waals surface area contributed by atoms with Gasteiger partial charge in [-0.15, -0.1) is 0 Å². The van der Waals surface area contributed by atoms with Crippen molar-refractivity contribution in [2.75, 3.05) is 17.1 Å². The molecule has 2 amide bonds. The van der Waals surface area contributed by atoms with Crippen LogP contribution in [0.5, 0.6) is 0 Å². The third-order valence-corrected chi connectivity index (χ3v) is 7.76. The molecule has 0 bridgehead atoms. The number of benzene rings is 3. The minimum Gasteiger partial charge on any atom is -0.352 e. The molecule has 0 fully saturated rings. The van der Waals surface area contributed by atoms with Crippen molar-refractivity contribution in [2.24, 2.45) is 0 Å². The summed E-state index contributed by atoms with van der Waals surface area (Å²) in [5.41, 5.74) is 2.07. The van der Waals surface area contributed by atoms with Crippen molar-refractivity contribution in [3.8, 4) is 0 Å². The lowest BCUT2D eigenvalue weighted by Crippen LogP contribution is -2.54. The number of carbonyl (C=O) groups is 2. The predicted octanol–water partition coefficient (Wildman–Crippen LogP) is 4.45. The number of halogens is 1. The number of amides is 2. The normalized spacial score (nSPS) is 12.8. The van der Waals surface area contributed by atoms with E-state index in [1.165, 1.54) is 11.0 Å². The maximum Gasteiger partial charge on any atom is 0.244 e. The zero-order valence-corrected chi connectivity index (χ0v) is 23.6. The van der Waals surface area contributed by atoms with Crippen LogP contribution in [0, 0.1) is 12.7 Å². The van der Waals surface area contributed by atoms with Crippen LogP contribution in [0.15, 0.2) is 78.9 Å². The molecule has 0 radical (unpaired) electrons. The first kappa shape index (κ1) is 29.8. The molecule has 0 aromatic heterocycles. The molecule has 39 heavy (non-hydrogen) atoms. The molecule has 0 aliphatic rings. The second kappa shape index (κ2) is 13.4. The highest BCUT2D eigenvalue weighted by Crippen LogP contribution is 2.24.